The monoisotopic (exact) mass is 272 g/mol. The molecule has 106 valence electrons. The van der Waals surface area contributed by atoms with Gasteiger partial charge in [0.25, 0.3) is 0 Å². The first kappa shape index (κ1) is 15.8. The van der Waals surface area contributed by atoms with Gasteiger partial charge in [-0.3, -0.25) is 4.79 Å². The van der Waals surface area contributed by atoms with Crippen LogP contribution in [0.25, 0.3) is 0 Å². The lowest BCUT2D eigenvalue weighted by Crippen LogP contribution is -2.44. The summed E-state index contributed by atoms with van der Waals surface area (Å²) in [5, 5.41) is 3.80. The molecule has 0 aliphatic heterocycles. The molecule has 3 nitrogen and oxygen atoms in total. The van der Waals surface area contributed by atoms with Crippen LogP contribution in [0.4, 0.5) is 0 Å². The lowest BCUT2D eigenvalue weighted by molar-refractivity contribution is -0.126. The van der Waals surface area contributed by atoms with Crippen LogP contribution in [0, 0.1) is 11.3 Å². The van der Waals surface area contributed by atoms with Crippen molar-refractivity contribution < 1.29 is 4.79 Å². The third-order valence-corrected chi connectivity index (χ3v) is 4.77. The van der Waals surface area contributed by atoms with Crippen LogP contribution in [-0.4, -0.2) is 30.0 Å². The molecule has 1 saturated carbocycles. The zero-order valence-corrected chi connectivity index (χ0v) is 13.0. The molecule has 0 aromatic heterocycles. The standard InChI is InChI=1S/C14H28N2OS/c1-14(2,3)8-10(9-15)13(17)16-11-6-5-7-12(11)18-4/h10-12H,5-9,15H2,1-4H3,(H,16,17). The van der Waals surface area contributed by atoms with Gasteiger partial charge in [-0.25, -0.2) is 0 Å². The van der Waals surface area contributed by atoms with E-state index in [9.17, 15) is 4.79 Å². The molecule has 0 spiro atoms. The second-order valence-corrected chi connectivity index (χ2v) is 7.59. The van der Waals surface area contributed by atoms with Gasteiger partial charge < -0.3 is 11.1 Å². The number of hydrogen-bond acceptors (Lipinski definition) is 3. The number of rotatable bonds is 5. The van der Waals surface area contributed by atoms with E-state index in [1.54, 1.807) is 0 Å². The Morgan fingerprint density at radius 1 is 1.44 bits per heavy atom. The summed E-state index contributed by atoms with van der Waals surface area (Å²) in [5.74, 6) is 0.103. The highest BCUT2D eigenvalue weighted by Crippen LogP contribution is 2.29. The maximum Gasteiger partial charge on any atom is 0.224 e. The molecule has 0 aromatic rings. The Morgan fingerprint density at radius 3 is 2.61 bits per heavy atom. The maximum absolute atomic E-state index is 12.3. The third-order valence-electron chi connectivity index (χ3n) is 3.60. The lowest BCUT2D eigenvalue weighted by atomic mass is 9.84. The van der Waals surface area contributed by atoms with E-state index in [2.05, 4.69) is 32.3 Å². The summed E-state index contributed by atoms with van der Waals surface area (Å²) in [6.45, 7) is 6.91. The molecule has 3 unspecified atom stereocenters. The second kappa shape index (κ2) is 6.80. The van der Waals surface area contributed by atoms with E-state index in [0.717, 1.165) is 12.8 Å². The molecular weight excluding hydrogens is 244 g/mol. The van der Waals surface area contributed by atoms with Crippen LogP contribution in [0.5, 0.6) is 0 Å². The first-order valence-corrected chi connectivity index (χ1v) is 8.19. The smallest absolute Gasteiger partial charge is 0.224 e. The Morgan fingerprint density at radius 2 is 2.11 bits per heavy atom. The van der Waals surface area contributed by atoms with Crippen LogP contribution in [0.15, 0.2) is 0 Å². The summed E-state index contributed by atoms with van der Waals surface area (Å²) in [6, 6.07) is 0.349. The summed E-state index contributed by atoms with van der Waals surface area (Å²) in [6.07, 6.45) is 6.54. The highest BCUT2D eigenvalue weighted by molar-refractivity contribution is 7.99. The summed E-state index contributed by atoms with van der Waals surface area (Å²) in [5.41, 5.74) is 5.91. The predicted octanol–water partition coefficient (Wildman–Crippen LogP) is 2.40. The van der Waals surface area contributed by atoms with E-state index in [4.69, 9.17) is 5.73 Å². The van der Waals surface area contributed by atoms with Crippen LogP contribution >= 0.6 is 11.8 Å². The molecule has 0 bridgehead atoms. The first-order chi connectivity index (χ1) is 8.37. The van der Waals surface area contributed by atoms with E-state index in [1.807, 2.05) is 11.8 Å². The average molecular weight is 272 g/mol. The highest BCUT2D eigenvalue weighted by atomic mass is 32.2. The Labute approximate surface area is 116 Å². The summed E-state index contributed by atoms with van der Waals surface area (Å²) >= 11 is 1.87. The minimum absolute atomic E-state index is 0.0480. The van der Waals surface area contributed by atoms with Gasteiger partial charge in [0.1, 0.15) is 0 Å². The van der Waals surface area contributed by atoms with Crippen molar-refractivity contribution in [1.29, 1.82) is 0 Å². The zero-order chi connectivity index (χ0) is 13.8. The quantitative estimate of drug-likeness (QED) is 0.808. The zero-order valence-electron chi connectivity index (χ0n) is 12.2. The van der Waals surface area contributed by atoms with Gasteiger partial charge in [-0.1, -0.05) is 27.2 Å². The molecule has 1 aliphatic rings. The van der Waals surface area contributed by atoms with Gasteiger partial charge >= 0.3 is 0 Å². The fourth-order valence-electron chi connectivity index (χ4n) is 2.70. The molecule has 1 rings (SSSR count). The minimum atomic E-state index is -0.0480. The molecule has 4 heteroatoms. The molecule has 0 saturated heterocycles. The van der Waals surface area contributed by atoms with Crippen molar-refractivity contribution in [3.8, 4) is 0 Å². The van der Waals surface area contributed by atoms with Crippen molar-refractivity contribution in [2.45, 2.75) is 57.7 Å². The molecule has 1 fully saturated rings. The minimum Gasteiger partial charge on any atom is -0.352 e. The number of nitrogens with two attached hydrogens (primary N) is 1. The Bertz CT molecular complexity index is 275. The highest BCUT2D eigenvalue weighted by Gasteiger charge is 2.31. The third kappa shape index (κ3) is 4.81. The number of carbonyl (C=O) groups excluding carboxylic acids is 1. The molecule has 0 radical (unpaired) electrons. The molecule has 1 amide bonds. The van der Waals surface area contributed by atoms with Crippen molar-refractivity contribution in [2.24, 2.45) is 17.1 Å². The van der Waals surface area contributed by atoms with Crippen molar-refractivity contribution in [1.82, 2.24) is 5.32 Å². The van der Waals surface area contributed by atoms with E-state index in [1.165, 1.54) is 12.8 Å². The van der Waals surface area contributed by atoms with Gasteiger partial charge in [0.15, 0.2) is 0 Å². The molecule has 0 aromatic carbocycles. The van der Waals surface area contributed by atoms with Gasteiger partial charge in [-0.2, -0.15) is 11.8 Å². The normalized spacial score (nSPS) is 26.1. The molecular formula is C14H28N2OS. The van der Waals surface area contributed by atoms with E-state index >= 15 is 0 Å². The average Bonchev–Trinajstić information content (AvgIpc) is 2.71. The van der Waals surface area contributed by atoms with Gasteiger partial charge in [0, 0.05) is 17.8 Å². The van der Waals surface area contributed by atoms with E-state index in [0.29, 0.717) is 17.8 Å². The van der Waals surface area contributed by atoms with Crippen molar-refractivity contribution in [3.63, 3.8) is 0 Å². The Balaban J connectivity index is 2.52. The van der Waals surface area contributed by atoms with E-state index in [-0.39, 0.29) is 17.2 Å². The predicted molar refractivity (Wildman–Crippen MR) is 79.7 cm³/mol. The van der Waals surface area contributed by atoms with E-state index < -0.39 is 0 Å². The van der Waals surface area contributed by atoms with Crippen LogP contribution in [0.3, 0.4) is 0 Å². The Hall–Kier alpha value is -0.220. The van der Waals surface area contributed by atoms with Gasteiger partial charge in [-0.05, 0) is 30.9 Å². The summed E-state index contributed by atoms with van der Waals surface area (Å²) in [4.78, 5) is 12.3. The number of nitrogens with one attached hydrogen (secondary N) is 1. The summed E-state index contributed by atoms with van der Waals surface area (Å²) < 4.78 is 0. The van der Waals surface area contributed by atoms with Crippen LogP contribution in [-0.2, 0) is 4.79 Å². The topological polar surface area (TPSA) is 55.1 Å². The number of amides is 1. The summed E-state index contributed by atoms with van der Waals surface area (Å²) in [7, 11) is 0. The van der Waals surface area contributed by atoms with Gasteiger partial charge in [-0.15, -0.1) is 0 Å². The van der Waals surface area contributed by atoms with Crippen molar-refractivity contribution >= 4 is 17.7 Å². The first-order valence-electron chi connectivity index (χ1n) is 6.90. The van der Waals surface area contributed by atoms with Crippen LogP contribution in [0.2, 0.25) is 0 Å². The SMILES string of the molecule is CSC1CCCC1NC(=O)C(CN)CC(C)(C)C. The Kier molecular flexibility index (Phi) is 5.99. The van der Waals surface area contributed by atoms with Gasteiger partial charge in [0.05, 0.1) is 5.92 Å². The molecule has 1 aliphatic carbocycles. The fraction of sp³-hybridized carbons (Fsp3) is 0.929. The molecule has 0 heterocycles. The number of carbonyl (C=O) groups is 1. The second-order valence-electron chi connectivity index (χ2n) is 6.52. The van der Waals surface area contributed by atoms with Crippen LogP contribution < -0.4 is 11.1 Å². The molecule has 18 heavy (non-hydrogen) atoms. The van der Waals surface area contributed by atoms with Crippen molar-refractivity contribution in [3.05, 3.63) is 0 Å². The molecule has 3 atom stereocenters. The fourth-order valence-corrected chi connectivity index (χ4v) is 3.63. The lowest BCUT2D eigenvalue weighted by Gasteiger charge is -2.27. The number of thioether (sulfide) groups is 1. The maximum atomic E-state index is 12.3. The van der Waals surface area contributed by atoms with Crippen LogP contribution in [0.1, 0.15) is 46.5 Å². The largest absolute Gasteiger partial charge is 0.352 e. The van der Waals surface area contributed by atoms with Crippen molar-refractivity contribution in [2.75, 3.05) is 12.8 Å². The van der Waals surface area contributed by atoms with Gasteiger partial charge in [0.2, 0.25) is 5.91 Å². The molecule has 3 N–H and O–H groups in total. The number of hydrogen-bond donors (Lipinski definition) is 2.